The molecule has 20 heavy (non-hydrogen) atoms. The van der Waals surface area contributed by atoms with Crippen molar-refractivity contribution < 1.29 is 8.42 Å². The molecular formula is C12H15BrN4O2S. The van der Waals surface area contributed by atoms with Gasteiger partial charge in [0.25, 0.3) is 10.0 Å². The molecule has 0 amide bonds. The maximum absolute atomic E-state index is 12.4. The summed E-state index contributed by atoms with van der Waals surface area (Å²) < 4.78 is 29.5. The highest BCUT2D eigenvalue weighted by molar-refractivity contribution is 9.10. The number of sulfonamides is 1. The third-order valence-corrected chi connectivity index (χ3v) is 5.06. The summed E-state index contributed by atoms with van der Waals surface area (Å²) in [5.74, 6) is 0. The van der Waals surface area contributed by atoms with Gasteiger partial charge in [0.1, 0.15) is 0 Å². The Hall–Kier alpha value is -1.54. The second-order valence-electron chi connectivity index (χ2n) is 4.46. The van der Waals surface area contributed by atoms with E-state index < -0.39 is 10.0 Å². The summed E-state index contributed by atoms with van der Waals surface area (Å²) in [4.78, 5) is 0.140. The Morgan fingerprint density at radius 3 is 2.50 bits per heavy atom. The highest BCUT2D eigenvalue weighted by atomic mass is 79.9. The zero-order valence-electron chi connectivity index (χ0n) is 11.3. The molecule has 108 valence electrons. The van der Waals surface area contributed by atoms with Gasteiger partial charge >= 0.3 is 0 Å². The second-order valence-corrected chi connectivity index (χ2v) is 6.99. The highest BCUT2D eigenvalue weighted by Crippen LogP contribution is 2.26. The molecule has 0 saturated carbocycles. The number of halogens is 1. The van der Waals surface area contributed by atoms with Crippen molar-refractivity contribution in [2.45, 2.75) is 18.7 Å². The van der Waals surface area contributed by atoms with Crippen LogP contribution in [0.4, 0.5) is 11.4 Å². The Labute approximate surface area is 126 Å². The van der Waals surface area contributed by atoms with E-state index in [-0.39, 0.29) is 4.90 Å². The molecule has 2 rings (SSSR count). The van der Waals surface area contributed by atoms with E-state index in [9.17, 15) is 8.42 Å². The Morgan fingerprint density at radius 1 is 1.35 bits per heavy atom. The SMILES string of the molecule is Cc1nn(C)c(C)c1NS(=O)(=O)c1ccc(N)c(Br)c1. The van der Waals surface area contributed by atoms with Gasteiger partial charge in [0.2, 0.25) is 0 Å². The first-order valence-electron chi connectivity index (χ1n) is 5.80. The van der Waals surface area contributed by atoms with Crippen LogP contribution in [0.3, 0.4) is 0 Å². The third-order valence-electron chi connectivity index (χ3n) is 3.03. The second kappa shape index (κ2) is 5.10. The van der Waals surface area contributed by atoms with Crippen LogP contribution >= 0.6 is 15.9 Å². The fourth-order valence-electron chi connectivity index (χ4n) is 1.79. The molecule has 1 heterocycles. The van der Waals surface area contributed by atoms with Gasteiger partial charge < -0.3 is 5.73 Å². The summed E-state index contributed by atoms with van der Waals surface area (Å²) in [5, 5.41) is 4.18. The topological polar surface area (TPSA) is 90.0 Å². The molecule has 0 radical (unpaired) electrons. The molecule has 0 atom stereocenters. The molecule has 0 aliphatic heterocycles. The minimum atomic E-state index is -3.67. The number of hydrogen-bond acceptors (Lipinski definition) is 4. The Bertz CT molecular complexity index is 768. The van der Waals surface area contributed by atoms with Gasteiger partial charge in [-0.15, -0.1) is 0 Å². The fourth-order valence-corrected chi connectivity index (χ4v) is 3.52. The summed E-state index contributed by atoms with van der Waals surface area (Å²) in [7, 11) is -1.91. The summed E-state index contributed by atoms with van der Waals surface area (Å²) in [6.45, 7) is 3.56. The summed E-state index contributed by atoms with van der Waals surface area (Å²) in [5.41, 5.74) is 8.02. The number of anilines is 2. The van der Waals surface area contributed by atoms with Gasteiger partial charge in [0, 0.05) is 17.2 Å². The minimum absolute atomic E-state index is 0.140. The number of aryl methyl sites for hydroxylation is 2. The average Bonchev–Trinajstić information content (AvgIpc) is 2.59. The van der Waals surface area contributed by atoms with Gasteiger partial charge in [-0.05, 0) is 48.0 Å². The molecule has 3 N–H and O–H groups in total. The number of benzene rings is 1. The lowest BCUT2D eigenvalue weighted by Gasteiger charge is -2.09. The molecule has 2 aromatic rings. The third kappa shape index (κ3) is 2.66. The van der Waals surface area contributed by atoms with Gasteiger partial charge in [-0.25, -0.2) is 8.42 Å². The largest absolute Gasteiger partial charge is 0.398 e. The molecule has 1 aromatic heterocycles. The zero-order chi connectivity index (χ0) is 15.1. The zero-order valence-corrected chi connectivity index (χ0v) is 13.7. The van der Waals surface area contributed by atoms with Crippen LogP contribution in [-0.4, -0.2) is 18.2 Å². The van der Waals surface area contributed by atoms with E-state index >= 15 is 0 Å². The van der Waals surface area contributed by atoms with E-state index in [1.54, 1.807) is 31.6 Å². The molecule has 1 aromatic carbocycles. The Balaban J connectivity index is 2.43. The molecule has 0 saturated heterocycles. The summed E-state index contributed by atoms with van der Waals surface area (Å²) in [6.07, 6.45) is 0. The first-order valence-corrected chi connectivity index (χ1v) is 8.08. The lowest BCUT2D eigenvalue weighted by molar-refractivity contribution is 0.601. The first kappa shape index (κ1) is 14.9. The van der Waals surface area contributed by atoms with Crippen LogP contribution in [0.2, 0.25) is 0 Å². The van der Waals surface area contributed by atoms with Gasteiger partial charge in [0.15, 0.2) is 0 Å². The summed E-state index contributed by atoms with van der Waals surface area (Å²) >= 11 is 3.22. The van der Waals surface area contributed by atoms with Gasteiger partial charge in [-0.2, -0.15) is 5.10 Å². The molecule has 0 aliphatic carbocycles. The predicted octanol–water partition coefficient (Wildman–Crippen LogP) is 2.18. The number of aromatic nitrogens is 2. The number of rotatable bonds is 3. The maximum atomic E-state index is 12.4. The van der Waals surface area contributed by atoms with Crippen molar-refractivity contribution in [2.24, 2.45) is 7.05 Å². The van der Waals surface area contributed by atoms with Crippen molar-refractivity contribution in [1.82, 2.24) is 9.78 Å². The van der Waals surface area contributed by atoms with Crippen LogP contribution in [0, 0.1) is 13.8 Å². The lowest BCUT2D eigenvalue weighted by atomic mass is 10.3. The van der Waals surface area contributed by atoms with E-state index in [0.29, 0.717) is 21.5 Å². The highest BCUT2D eigenvalue weighted by Gasteiger charge is 2.19. The van der Waals surface area contributed by atoms with Crippen LogP contribution in [0.25, 0.3) is 0 Å². The van der Waals surface area contributed by atoms with E-state index in [4.69, 9.17) is 5.73 Å². The lowest BCUT2D eigenvalue weighted by Crippen LogP contribution is -2.14. The predicted molar refractivity (Wildman–Crippen MR) is 82.0 cm³/mol. The van der Waals surface area contributed by atoms with Crippen molar-refractivity contribution in [1.29, 1.82) is 0 Å². The van der Waals surface area contributed by atoms with Crippen LogP contribution in [0.1, 0.15) is 11.4 Å². The molecule has 0 spiro atoms. The number of nitrogens with one attached hydrogen (secondary N) is 1. The Morgan fingerprint density at radius 2 is 2.00 bits per heavy atom. The minimum Gasteiger partial charge on any atom is -0.398 e. The molecule has 8 heteroatoms. The molecule has 0 bridgehead atoms. The van der Waals surface area contributed by atoms with Crippen molar-refractivity contribution in [2.75, 3.05) is 10.5 Å². The standard InChI is InChI=1S/C12H15BrN4O2S/c1-7-12(8(2)17(3)15-7)16-20(18,19)9-4-5-11(14)10(13)6-9/h4-6,16H,14H2,1-3H3. The Kier molecular flexibility index (Phi) is 3.79. The number of hydrogen-bond donors (Lipinski definition) is 2. The van der Waals surface area contributed by atoms with E-state index in [1.807, 2.05) is 0 Å². The number of nitrogens with two attached hydrogens (primary N) is 1. The van der Waals surface area contributed by atoms with Gasteiger partial charge in [-0.3, -0.25) is 9.40 Å². The van der Waals surface area contributed by atoms with Gasteiger partial charge in [0.05, 0.1) is 22.0 Å². The van der Waals surface area contributed by atoms with Crippen molar-refractivity contribution >= 4 is 37.3 Å². The van der Waals surface area contributed by atoms with Crippen LogP contribution in [0.5, 0.6) is 0 Å². The van der Waals surface area contributed by atoms with E-state index in [2.05, 4.69) is 25.8 Å². The van der Waals surface area contributed by atoms with E-state index in [0.717, 1.165) is 5.69 Å². The van der Waals surface area contributed by atoms with Crippen LogP contribution in [0.15, 0.2) is 27.6 Å². The number of nitrogens with zero attached hydrogens (tertiary/aromatic N) is 2. The molecule has 0 unspecified atom stereocenters. The van der Waals surface area contributed by atoms with Crippen LogP contribution in [-0.2, 0) is 17.1 Å². The maximum Gasteiger partial charge on any atom is 0.262 e. The number of nitrogen functional groups attached to an aromatic ring is 1. The van der Waals surface area contributed by atoms with Crippen molar-refractivity contribution in [3.05, 3.63) is 34.1 Å². The molecular weight excluding hydrogens is 344 g/mol. The molecule has 0 aliphatic rings. The van der Waals surface area contributed by atoms with Crippen molar-refractivity contribution in [3.63, 3.8) is 0 Å². The molecule has 6 nitrogen and oxygen atoms in total. The molecule has 0 fully saturated rings. The summed E-state index contributed by atoms with van der Waals surface area (Å²) in [6, 6.07) is 4.48. The first-order chi connectivity index (χ1) is 9.22. The van der Waals surface area contributed by atoms with Gasteiger partial charge in [-0.1, -0.05) is 0 Å². The van der Waals surface area contributed by atoms with E-state index in [1.165, 1.54) is 12.1 Å². The normalized spacial score (nSPS) is 11.6. The van der Waals surface area contributed by atoms with Crippen molar-refractivity contribution in [3.8, 4) is 0 Å². The quantitative estimate of drug-likeness (QED) is 0.822. The smallest absolute Gasteiger partial charge is 0.262 e. The van der Waals surface area contributed by atoms with Crippen LogP contribution < -0.4 is 10.5 Å². The average molecular weight is 359 g/mol. The fraction of sp³-hybridized carbons (Fsp3) is 0.250. The monoisotopic (exact) mass is 358 g/mol.